The molecule has 0 saturated carbocycles. The minimum Gasteiger partial charge on any atom is -0.489 e. The Labute approximate surface area is 235 Å². The summed E-state index contributed by atoms with van der Waals surface area (Å²) in [6.07, 6.45) is -0.736. The van der Waals surface area contributed by atoms with Gasteiger partial charge < -0.3 is 35.1 Å². The molecule has 0 spiro atoms. The number of aliphatic hydroxyl groups excluding tert-OH is 1. The van der Waals surface area contributed by atoms with E-state index in [2.05, 4.69) is 10.6 Å². The summed E-state index contributed by atoms with van der Waals surface area (Å²) >= 11 is 0. The Hall–Kier alpha value is -4.08. The molecule has 214 valence electrons. The van der Waals surface area contributed by atoms with Crippen LogP contribution in [0.5, 0.6) is 5.75 Å². The molecule has 0 aliphatic rings. The zero-order valence-electron chi connectivity index (χ0n) is 23.4. The molecule has 3 aromatic carbocycles. The fourth-order valence-corrected chi connectivity index (χ4v) is 4.08. The number of hydrogen-bond donors (Lipinski definition) is 4. The molecule has 9 nitrogen and oxygen atoms in total. The zero-order valence-corrected chi connectivity index (χ0v) is 23.4. The molecule has 0 aromatic heterocycles. The Kier molecular flexibility index (Phi) is 10.9. The number of anilines is 1. The van der Waals surface area contributed by atoms with E-state index in [4.69, 9.17) is 14.2 Å². The minimum absolute atomic E-state index is 0.129. The van der Waals surface area contributed by atoms with Crippen molar-refractivity contribution in [3.8, 4) is 16.9 Å². The number of methoxy groups -OCH3 is 1. The van der Waals surface area contributed by atoms with Gasteiger partial charge in [-0.15, -0.1) is 0 Å². The predicted octanol–water partition coefficient (Wildman–Crippen LogP) is 5.18. The van der Waals surface area contributed by atoms with Crippen LogP contribution in [0.15, 0.2) is 66.7 Å². The third-order valence-corrected chi connectivity index (χ3v) is 5.83. The van der Waals surface area contributed by atoms with Gasteiger partial charge in [0.05, 0.1) is 25.7 Å². The number of carboxylic acids is 1. The maximum Gasteiger partial charge on any atom is 0.408 e. The quantitative estimate of drug-likeness (QED) is 0.215. The van der Waals surface area contributed by atoms with Crippen molar-refractivity contribution in [3.63, 3.8) is 0 Å². The topological polar surface area (TPSA) is 126 Å². The molecule has 9 heteroatoms. The monoisotopic (exact) mass is 550 g/mol. The van der Waals surface area contributed by atoms with Gasteiger partial charge in [0.1, 0.15) is 18.0 Å². The molecule has 3 rings (SSSR count). The third kappa shape index (κ3) is 9.59. The Bertz CT molecular complexity index is 1290. The molecule has 0 saturated heterocycles. The van der Waals surface area contributed by atoms with Crippen molar-refractivity contribution in [2.75, 3.05) is 32.2 Å². The summed E-state index contributed by atoms with van der Waals surface area (Å²) in [6, 6.07) is 20.0. The first-order chi connectivity index (χ1) is 19.1. The summed E-state index contributed by atoms with van der Waals surface area (Å²) in [4.78, 5) is 23.6. The molecule has 3 aromatic rings. The van der Waals surface area contributed by atoms with Crippen molar-refractivity contribution in [3.05, 3.63) is 83.4 Å². The van der Waals surface area contributed by atoms with Gasteiger partial charge in [-0.1, -0.05) is 36.4 Å². The van der Waals surface area contributed by atoms with Crippen LogP contribution in [0.2, 0.25) is 0 Å². The number of benzene rings is 3. The standard InChI is InChI=1S/C31H38N2O7/c1-31(2,3)40-30(37)33-27(19-34)23-10-7-9-22(16-23)25-14-21(15-26(17-25)32-12-13-38-4)20-39-28-11-6-5-8-24(28)18-29(35)36/h5-11,14-17,27,32,34H,12-13,18-20H2,1-4H3,(H,33,37)(H,35,36). The van der Waals surface area contributed by atoms with E-state index in [0.29, 0.717) is 24.5 Å². The first kappa shape index (κ1) is 30.5. The molecule has 0 fully saturated rings. The number of para-hydroxylation sites is 1. The van der Waals surface area contributed by atoms with E-state index in [1.165, 1.54) is 0 Å². The molecule has 4 N–H and O–H groups in total. The highest BCUT2D eigenvalue weighted by molar-refractivity contribution is 5.72. The number of aliphatic carboxylic acids is 1. The number of hydrogen-bond acceptors (Lipinski definition) is 7. The molecule has 0 aliphatic heterocycles. The van der Waals surface area contributed by atoms with E-state index in [-0.39, 0.29) is 19.6 Å². The van der Waals surface area contributed by atoms with E-state index in [1.54, 1.807) is 46.1 Å². The minimum atomic E-state index is -0.926. The second-order valence-corrected chi connectivity index (χ2v) is 10.3. The molecular formula is C31H38N2O7. The van der Waals surface area contributed by atoms with Gasteiger partial charge >= 0.3 is 12.1 Å². The van der Waals surface area contributed by atoms with Crippen LogP contribution in [-0.2, 0) is 27.3 Å². The average molecular weight is 551 g/mol. The molecule has 1 amide bonds. The van der Waals surface area contributed by atoms with Crippen LogP contribution >= 0.6 is 0 Å². The van der Waals surface area contributed by atoms with Crippen molar-refractivity contribution in [1.29, 1.82) is 0 Å². The van der Waals surface area contributed by atoms with Crippen LogP contribution in [-0.4, -0.2) is 54.7 Å². The number of alkyl carbamates (subject to hydrolysis) is 1. The van der Waals surface area contributed by atoms with Crippen molar-refractivity contribution < 1.29 is 34.0 Å². The molecule has 1 atom stereocenters. The predicted molar refractivity (Wildman–Crippen MR) is 154 cm³/mol. The summed E-state index contributed by atoms with van der Waals surface area (Å²) < 4.78 is 16.6. The van der Waals surface area contributed by atoms with Crippen LogP contribution in [0.1, 0.15) is 43.5 Å². The number of nitrogens with one attached hydrogen (secondary N) is 2. The summed E-state index contributed by atoms with van der Waals surface area (Å²) in [7, 11) is 1.64. The number of ether oxygens (including phenoxy) is 3. The lowest BCUT2D eigenvalue weighted by atomic mass is 9.98. The van der Waals surface area contributed by atoms with Crippen LogP contribution in [0, 0.1) is 0 Å². The van der Waals surface area contributed by atoms with Crippen LogP contribution < -0.4 is 15.4 Å². The first-order valence-electron chi connectivity index (χ1n) is 13.1. The van der Waals surface area contributed by atoms with Gasteiger partial charge in [-0.3, -0.25) is 4.79 Å². The molecule has 0 heterocycles. The third-order valence-electron chi connectivity index (χ3n) is 5.83. The maximum absolute atomic E-state index is 12.3. The number of carboxylic acid groups (broad SMARTS) is 1. The van der Waals surface area contributed by atoms with Crippen molar-refractivity contribution in [2.24, 2.45) is 0 Å². The second kappa shape index (κ2) is 14.3. The lowest BCUT2D eigenvalue weighted by molar-refractivity contribution is -0.136. The molecule has 1 unspecified atom stereocenters. The Balaban J connectivity index is 1.88. The molecule has 0 bridgehead atoms. The number of carbonyl (C=O) groups excluding carboxylic acids is 1. The average Bonchev–Trinajstić information content (AvgIpc) is 2.90. The zero-order chi connectivity index (χ0) is 29.1. The largest absolute Gasteiger partial charge is 0.489 e. The van der Waals surface area contributed by atoms with Crippen molar-refractivity contribution in [1.82, 2.24) is 5.32 Å². The Morgan fingerprint density at radius 1 is 0.975 bits per heavy atom. The number of aliphatic hydroxyl groups is 1. The van der Waals surface area contributed by atoms with Crippen molar-refractivity contribution in [2.45, 2.75) is 45.4 Å². The smallest absolute Gasteiger partial charge is 0.408 e. The summed E-state index contributed by atoms with van der Waals surface area (Å²) in [5.41, 5.74) is 4.19. The normalized spacial score (nSPS) is 11.9. The summed E-state index contributed by atoms with van der Waals surface area (Å²) in [6.45, 7) is 6.40. The molecule has 40 heavy (non-hydrogen) atoms. The highest BCUT2D eigenvalue weighted by Crippen LogP contribution is 2.29. The second-order valence-electron chi connectivity index (χ2n) is 10.3. The lowest BCUT2D eigenvalue weighted by Crippen LogP contribution is -2.36. The summed E-state index contributed by atoms with van der Waals surface area (Å²) in [5, 5.41) is 25.3. The van der Waals surface area contributed by atoms with Crippen LogP contribution in [0.25, 0.3) is 11.1 Å². The first-order valence-corrected chi connectivity index (χ1v) is 13.1. The Morgan fingerprint density at radius 2 is 1.75 bits per heavy atom. The van der Waals surface area contributed by atoms with E-state index >= 15 is 0 Å². The van der Waals surface area contributed by atoms with Crippen LogP contribution in [0.4, 0.5) is 10.5 Å². The van der Waals surface area contributed by atoms with Gasteiger partial charge in [-0.05, 0) is 73.4 Å². The van der Waals surface area contributed by atoms with Gasteiger partial charge in [0.25, 0.3) is 0 Å². The van der Waals surface area contributed by atoms with Crippen LogP contribution in [0.3, 0.4) is 0 Å². The summed E-state index contributed by atoms with van der Waals surface area (Å²) in [5.74, 6) is -0.407. The van der Waals surface area contributed by atoms with Gasteiger partial charge in [0, 0.05) is 24.9 Å². The number of rotatable bonds is 13. The van der Waals surface area contributed by atoms with Gasteiger partial charge in [0.2, 0.25) is 0 Å². The fraction of sp³-hybridized carbons (Fsp3) is 0.355. The van der Waals surface area contributed by atoms with Gasteiger partial charge in [-0.25, -0.2) is 4.79 Å². The number of amides is 1. The van der Waals surface area contributed by atoms with E-state index < -0.39 is 23.7 Å². The highest BCUT2D eigenvalue weighted by Gasteiger charge is 2.20. The number of carbonyl (C=O) groups is 2. The SMILES string of the molecule is COCCNc1cc(COc2ccccc2CC(=O)O)cc(-c2cccc(C(CO)NC(=O)OC(C)(C)C)c2)c1. The molecular weight excluding hydrogens is 512 g/mol. The fourth-order valence-electron chi connectivity index (χ4n) is 4.08. The van der Waals surface area contributed by atoms with Gasteiger partial charge in [-0.2, -0.15) is 0 Å². The van der Waals surface area contributed by atoms with E-state index in [9.17, 15) is 19.8 Å². The lowest BCUT2D eigenvalue weighted by Gasteiger charge is -2.23. The molecule has 0 radical (unpaired) electrons. The van der Waals surface area contributed by atoms with Crippen molar-refractivity contribution >= 4 is 17.7 Å². The molecule has 0 aliphatic carbocycles. The van der Waals surface area contributed by atoms with E-state index in [0.717, 1.165) is 27.9 Å². The Morgan fingerprint density at radius 3 is 2.45 bits per heavy atom. The highest BCUT2D eigenvalue weighted by atomic mass is 16.6. The maximum atomic E-state index is 12.3. The van der Waals surface area contributed by atoms with E-state index in [1.807, 2.05) is 48.5 Å². The van der Waals surface area contributed by atoms with Gasteiger partial charge in [0.15, 0.2) is 0 Å².